The average Bonchev–Trinajstić information content (AvgIpc) is 2.51. The van der Waals surface area contributed by atoms with Gasteiger partial charge in [-0.25, -0.2) is 9.97 Å². The monoisotopic (exact) mass is 312 g/mol. The second kappa shape index (κ2) is 4.89. The number of aromatic nitrogens is 2. The van der Waals surface area contributed by atoms with Gasteiger partial charge in [0.05, 0.1) is 17.6 Å². The van der Waals surface area contributed by atoms with E-state index in [1.165, 1.54) is 38.5 Å². The molecule has 0 unspecified atom stereocenters. The Kier molecular flexibility index (Phi) is 2.91. The van der Waals surface area contributed by atoms with Gasteiger partial charge in [0, 0.05) is 5.41 Å². The van der Waals surface area contributed by atoms with E-state index in [1.54, 1.807) is 6.07 Å². The molecule has 1 aromatic heterocycles. The average molecular weight is 312 g/mol. The second-order valence-electron chi connectivity index (χ2n) is 8.01. The van der Waals surface area contributed by atoms with Crippen molar-refractivity contribution in [2.24, 2.45) is 23.2 Å². The molecule has 1 aromatic carbocycles. The van der Waals surface area contributed by atoms with E-state index in [9.17, 15) is 4.39 Å². The first-order valence-corrected chi connectivity index (χ1v) is 8.74. The predicted octanol–water partition coefficient (Wildman–Crippen LogP) is 4.36. The van der Waals surface area contributed by atoms with Crippen LogP contribution in [0, 0.1) is 29.1 Å². The Morgan fingerprint density at radius 2 is 1.52 bits per heavy atom. The Hall–Kier alpha value is -1.71. The molecule has 0 radical (unpaired) electrons. The summed E-state index contributed by atoms with van der Waals surface area (Å²) < 4.78 is 20.1. The molecule has 2 aromatic rings. The minimum Gasteiger partial charge on any atom is -0.474 e. The molecule has 0 atom stereocenters. The van der Waals surface area contributed by atoms with Crippen LogP contribution < -0.4 is 4.74 Å². The highest BCUT2D eigenvalue weighted by Crippen LogP contribution is 2.60. The van der Waals surface area contributed by atoms with Crippen molar-refractivity contribution >= 4 is 11.0 Å². The summed E-state index contributed by atoms with van der Waals surface area (Å²) in [6, 6.07) is 7.35. The molecule has 0 amide bonds. The lowest BCUT2D eigenvalue weighted by molar-refractivity contribution is -0.0757. The van der Waals surface area contributed by atoms with Crippen molar-refractivity contribution in [2.45, 2.75) is 38.5 Å². The van der Waals surface area contributed by atoms with Crippen LogP contribution in [0.15, 0.2) is 24.3 Å². The van der Waals surface area contributed by atoms with Crippen LogP contribution in [0.25, 0.3) is 11.0 Å². The number of halogens is 1. The van der Waals surface area contributed by atoms with Gasteiger partial charge in [-0.2, -0.15) is 4.39 Å². The SMILES string of the molecule is Fc1nc2ccccc2nc1OCC12CC3CC(CC(C3)C1)C2. The lowest BCUT2D eigenvalue weighted by Gasteiger charge is -2.56. The van der Waals surface area contributed by atoms with Gasteiger partial charge in [-0.05, 0) is 68.4 Å². The highest BCUT2D eigenvalue weighted by atomic mass is 19.1. The Bertz CT molecular complexity index is 725. The number of rotatable bonds is 3. The van der Waals surface area contributed by atoms with Crippen molar-refractivity contribution in [1.29, 1.82) is 0 Å². The number of hydrogen-bond acceptors (Lipinski definition) is 3. The maximum absolute atomic E-state index is 14.2. The first-order valence-electron chi connectivity index (χ1n) is 8.74. The zero-order chi connectivity index (χ0) is 15.4. The van der Waals surface area contributed by atoms with Crippen molar-refractivity contribution in [3.8, 4) is 5.88 Å². The lowest BCUT2D eigenvalue weighted by Crippen LogP contribution is -2.48. The zero-order valence-corrected chi connectivity index (χ0v) is 13.2. The molecule has 0 spiro atoms. The number of para-hydroxylation sites is 2. The molecule has 4 bridgehead atoms. The zero-order valence-electron chi connectivity index (χ0n) is 13.2. The van der Waals surface area contributed by atoms with E-state index in [1.807, 2.05) is 18.2 Å². The van der Waals surface area contributed by atoms with Crippen LogP contribution >= 0.6 is 0 Å². The first-order chi connectivity index (χ1) is 11.2. The summed E-state index contributed by atoms with van der Waals surface area (Å²) in [4.78, 5) is 8.32. The maximum atomic E-state index is 14.2. The molecule has 23 heavy (non-hydrogen) atoms. The van der Waals surface area contributed by atoms with E-state index in [2.05, 4.69) is 9.97 Å². The second-order valence-corrected chi connectivity index (χ2v) is 8.01. The highest BCUT2D eigenvalue weighted by Gasteiger charge is 2.51. The van der Waals surface area contributed by atoms with Gasteiger partial charge in [-0.3, -0.25) is 0 Å². The Balaban J connectivity index is 1.39. The molecule has 6 rings (SSSR count). The van der Waals surface area contributed by atoms with Crippen LogP contribution in [0.5, 0.6) is 5.88 Å². The van der Waals surface area contributed by atoms with Gasteiger partial charge in [0.1, 0.15) is 0 Å². The van der Waals surface area contributed by atoms with Crippen LogP contribution in [-0.4, -0.2) is 16.6 Å². The summed E-state index contributed by atoms with van der Waals surface area (Å²) in [6.07, 6.45) is 7.97. The molecule has 4 aliphatic carbocycles. The largest absolute Gasteiger partial charge is 0.474 e. The van der Waals surface area contributed by atoms with E-state index in [0.717, 1.165) is 17.8 Å². The summed E-state index contributed by atoms with van der Waals surface area (Å²) in [5.41, 5.74) is 1.52. The van der Waals surface area contributed by atoms with E-state index in [0.29, 0.717) is 17.6 Å². The van der Waals surface area contributed by atoms with E-state index in [-0.39, 0.29) is 11.3 Å². The van der Waals surface area contributed by atoms with Gasteiger partial charge in [0.2, 0.25) is 0 Å². The third-order valence-electron chi connectivity index (χ3n) is 6.18. The van der Waals surface area contributed by atoms with Gasteiger partial charge >= 0.3 is 0 Å². The molecule has 1 heterocycles. The fourth-order valence-electron chi connectivity index (χ4n) is 5.74. The van der Waals surface area contributed by atoms with Gasteiger partial charge in [-0.1, -0.05) is 12.1 Å². The summed E-state index contributed by atoms with van der Waals surface area (Å²) in [7, 11) is 0. The fourth-order valence-corrected chi connectivity index (χ4v) is 5.74. The van der Waals surface area contributed by atoms with Crippen molar-refractivity contribution < 1.29 is 9.13 Å². The summed E-state index contributed by atoms with van der Waals surface area (Å²) in [5, 5.41) is 0. The van der Waals surface area contributed by atoms with Gasteiger partial charge in [0.15, 0.2) is 0 Å². The summed E-state index contributed by atoms with van der Waals surface area (Å²) in [6.45, 7) is 0.598. The topological polar surface area (TPSA) is 35.0 Å². The molecule has 4 aliphatic rings. The number of nitrogens with zero attached hydrogens (tertiary/aromatic N) is 2. The van der Waals surface area contributed by atoms with Crippen molar-refractivity contribution in [3.05, 3.63) is 30.2 Å². The van der Waals surface area contributed by atoms with Crippen LogP contribution in [0.2, 0.25) is 0 Å². The lowest BCUT2D eigenvalue weighted by atomic mass is 9.50. The third kappa shape index (κ3) is 2.30. The minimum atomic E-state index is -0.589. The Labute approximate surface area is 135 Å². The molecule has 0 saturated heterocycles. The smallest absolute Gasteiger partial charge is 0.276 e. The molecule has 120 valence electrons. The van der Waals surface area contributed by atoms with E-state index >= 15 is 0 Å². The molecular formula is C19H21FN2O. The highest BCUT2D eigenvalue weighted by molar-refractivity contribution is 5.74. The van der Waals surface area contributed by atoms with Crippen LogP contribution in [-0.2, 0) is 0 Å². The molecule has 4 fully saturated rings. The number of benzene rings is 1. The summed E-state index contributed by atoms with van der Waals surface area (Å²) >= 11 is 0. The molecule has 0 aliphatic heterocycles. The predicted molar refractivity (Wildman–Crippen MR) is 85.6 cm³/mol. The van der Waals surface area contributed by atoms with Crippen LogP contribution in [0.4, 0.5) is 4.39 Å². The maximum Gasteiger partial charge on any atom is 0.276 e. The minimum absolute atomic E-state index is 0.0689. The van der Waals surface area contributed by atoms with Crippen LogP contribution in [0.1, 0.15) is 38.5 Å². The normalized spacial score (nSPS) is 34.9. The fraction of sp³-hybridized carbons (Fsp3) is 0.579. The standard InChI is InChI=1S/C19H21FN2O/c20-17-18(22-16-4-2-1-3-15(16)21-17)23-11-19-8-12-5-13(9-19)7-14(6-12)10-19/h1-4,12-14H,5-11H2. The molecule has 3 nitrogen and oxygen atoms in total. The van der Waals surface area contributed by atoms with Crippen molar-refractivity contribution in [3.63, 3.8) is 0 Å². The van der Waals surface area contributed by atoms with Crippen LogP contribution in [0.3, 0.4) is 0 Å². The number of fused-ring (bicyclic) bond motifs is 1. The number of hydrogen-bond donors (Lipinski definition) is 0. The summed E-state index contributed by atoms with van der Waals surface area (Å²) in [5.74, 6) is 2.10. The third-order valence-corrected chi connectivity index (χ3v) is 6.18. The Morgan fingerprint density at radius 3 is 2.13 bits per heavy atom. The van der Waals surface area contributed by atoms with E-state index < -0.39 is 5.95 Å². The first kappa shape index (κ1) is 13.7. The molecule has 4 saturated carbocycles. The molecular weight excluding hydrogens is 291 g/mol. The Morgan fingerprint density at radius 1 is 0.957 bits per heavy atom. The van der Waals surface area contributed by atoms with Gasteiger partial charge in [-0.15, -0.1) is 0 Å². The van der Waals surface area contributed by atoms with E-state index in [4.69, 9.17) is 4.74 Å². The van der Waals surface area contributed by atoms with Crippen molar-refractivity contribution in [1.82, 2.24) is 9.97 Å². The van der Waals surface area contributed by atoms with Gasteiger partial charge < -0.3 is 4.74 Å². The number of ether oxygens (including phenoxy) is 1. The molecule has 4 heteroatoms. The molecule has 0 N–H and O–H groups in total. The quantitative estimate of drug-likeness (QED) is 0.844. The van der Waals surface area contributed by atoms with Crippen molar-refractivity contribution in [2.75, 3.05) is 6.61 Å². The van der Waals surface area contributed by atoms with Gasteiger partial charge in [0.25, 0.3) is 11.8 Å².